The summed E-state index contributed by atoms with van der Waals surface area (Å²) in [6.45, 7) is 7.55. The van der Waals surface area contributed by atoms with E-state index in [2.05, 4.69) is 5.32 Å². The molecule has 0 radical (unpaired) electrons. The van der Waals surface area contributed by atoms with Gasteiger partial charge < -0.3 is 20.5 Å². The first-order chi connectivity index (χ1) is 16.1. The predicted molar refractivity (Wildman–Crippen MR) is 130 cm³/mol. The minimum absolute atomic E-state index is 0.164. The van der Waals surface area contributed by atoms with Gasteiger partial charge in [-0.25, -0.2) is 9.59 Å². The number of amides is 3. The van der Waals surface area contributed by atoms with Gasteiger partial charge in [0.2, 0.25) is 5.91 Å². The lowest BCUT2D eigenvalue weighted by Gasteiger charge is -2.36. The summed E-state index contributed by atoms with van der Waals surface area (Å²) in [5, 5.41) is 2.67. The van der Waals surface area contributed by atoms with Gasteiger partial charge in [0.05, 0.1) is 6.04 Å². The Kier molecular flexibility index (Phi) is 9.92. The highest BCUT2D eigenvalue weighted by atomic mass is 16.6. The van der Waals surface area contributed by atoms with E-state index in [0.29, 0.717) is 6.42 Å². The Morgan fingerprint density at radius 2 is 1.59 bits per heavy atom. The summed E-state index contributed by atoms with van der Waals surface area (Å²) in [4.78, 5) is 38.8. The molecule has 0 spiro atoms. The molecule has 2 rings (SSSR count). The number of nitrogens with two attached hydrogens (primary N) is 1. The van der Waals surface area contributed by atoms with E-state index in [1.165, 1.54) is 4.90 Å². The molecule has 0 unspecified atom stereocenters. The van der Waals surface area contributed by atoms with Gasteiger partial charge in [-0.05, 0) is 51.7 Å². The van der Waals surface area contributed by atoms with Crippen LogP contribution in [0.5, 0.6) is 0 Å². The lowest BCUT2D eigenvalue weighted by atomic mass is 10.0. The van der Waals surface area contributed by atoms with Crippen LogP contribution in [0.25, 0.3) is 0 Å². The van der Waals surface area contributed by atoms with Crippen LogP contribution in [-0.2, 0) is 20.9 Å². The van der Waals surface area contributed by atoms with Crippen molar-refractivity contribution in [1.82, 2.24) is 10.2 Å². The van der Waals surface area contributed by atoms with Crippen LogP contribution in [0, 0.1) is 0 Å². The zero-order valence-corrected chi connectivity index (χ0v) is 20.3. The Balaban J connectivity index is 2.01. The molecule has 2 atom stereocenters. The molecule has 0 saturated carbocycles. The van der Waals surface area contributed by atoms with Gasteiger partial charge in [-0.1, -0.05) is 60.7 Å². The minimum atomic E-state index is -0.910. The summed E-state index contributed by atoms with van der Waals surface area (Å²) in [6.07, 6.45) is -0.511. The van der Waals surface area contributed by atoms with Crippen molar-refractivity contribution in [3.05, 3.63) is 71.8 Å². The second-order valence-electron chi connectivity index (χ2n) is 9.02. The number of benzene rings is 2. The van der Waals surface area contributed by atoms with E-state index in [9.17, 15) is 14.4 Å². The van der Waals surface area contributed by atoms with Gasteiger partial charge in [0.15, 0.2) is 0 Å². The van der Waals surface area contributed by atoms with Crippen LogP contribution in [0.15, 0.2) is 60.7 Å². The largest absolute Gasteiger partial charge is 0.445 e. The molecule has 0 bridgehead atoms. The lowest BCUT2D eigenvalue weighted by Crippen LogP contribution is -2.50. The monoisotopic (exact) mass is 469 g/mol. The van der Waals surface area contributed by atoms with Crippen molar-refractivity contribution in [3.63, 3.8) is 0 Å². The zero-order chi connectivity index (χ0) is 25.1. The second kappa shape index (κ2) is 12.6. The molecule has 0 aromatic heterocycles. The lowest BCUT2D eigenvalue weighted by molar-refractivity contribution is -0.124. The van der Waals surface area contributed by atoms with Crippen molar-refractivity contribution in [2.75, 3.05) is 6.54 Å². The molecule has 0 aliphatic heterocycles. The summed E-state index contributed by atoms with van der Waals surface area (Å²) in [6, 6.07) is 17.4. The maximum atomic E-state index is 13.1. The molecular formula is C26H35N3O5. The maximum Gasteiger partial charge on any atom is 0.411 e. The van der Waals surface area contributed by atoms with Gasteiger partial charge in [-0.3, -0.25) is 9.69 Å². The van der Waals surface area contributed by atoms with E-state index < -0.39 is 35.8 Å². The number of carbonyl (C=O) groups is 3. The molecule has 2 aromatic rings. The highest BCUT2D eigenvalue weighted by Crippen LogP contribution is 2.27. The summed E-state index contributed by atoms with van der Waals surface area (Å²) in [5.74, 6) is -0.639. The maximum absolute atomic E-state index is 13.1. The number of nitrogens with zero attached hydrogens (tertiary/aromatic N) is 1. The molecule has 0 aliphatic rings. The normalized spacial score (nSPS) is 12.8. The van der Waals surface area contributed by atoms with E-state index in [-0.39, 0.29) is 19.6 Å². The second-order valence-corrected chi connectivity index (χ2v) is 9.02. The molecule has 0 aliphatic carbocycles. The van der Waals surface area contributed by atoms with E-state index in [1.807, 2.05) is 67.6 Å². The van der Waals surface area contributed by atoms with Gasteiger partial charge in [-0.15, -0.1) is 0 Å². The van der Waals surface area contributed by atoms with Gasteiger partial charge >= 0.3 is 12.2 Å². The number of hydrogen-bond acceptors (Lipinski definition) is 5. The molecule has 8 nitrogen and oxygen atoms in total. The SMILES string of the molecule is C[C@@H](c1ccccc1)N(C(=O)OC(C)(C)C)[C@H](CCCNC(=O)OCc1ccccc1)C(N)=O. The molecule has 0 saturated heterocycles. The molecule has 2 aromatic carbocycles. The molecule has 3 amide bonds. The van der Waals surface area contributed by atoms with Gasteiger partial charge in [-0.2, -0.15) is 0 Å². The molecule has 8 heteroatoms. The number of alkyl carbamates (subject to hydrolysis) is 1. The fourth-order valence-electron chi connectivity index (χ4n) is 3.44. The Morgan fingerprint density at radius 1 is 1.00 bits per heavy atom. The van der Waals surface area contributed by atoms with E-state index >= 15 is 0 Å². The molecule has 3 N–H and O–H groups in total. The van der Waals surface area contributed by atoms with Crippen LogP contribution >= 0.6 is 0 Å². The number of hydrogen-bond donors (Lipinski definition) is 2. The van der Waals surface area contributed by atoms with Crippen LogP contribution in [0.3, 0.4) is 0 Å². The number of carbonyl (C=O) groups excluding carboxylic acids is 3. The standard InChI is InChI=1S/C26H35N3O5/c1-19(21-14-9-6-10-15-21)29(25(32)34-26(2,3)4)22(23(27)30)16-11-17-28-24(31)33-18-20-12-7-5-8-13-20/h5-10,12-15,19,22H,11,16-18H2,1-4H3,(H2,27,30)(H,28,31)/t19-,22+/m0/s1. The Labute approximate surface area is 201 Å². The first kappa shape index (κ1) is 26.7. The highest BCUT2D eigenvalue weighted by Gasteiger charge is 2.35. The van der Waals surface area contributed by atoms with Crippen molar-refractivity contribution < 1.29 is 23.9 Å². The Morgan fingerprint density at radius 3 is 2.15 bits per heavy atom. The van der Waals surface area contributed by atoms with Gasteiger partial charge in [0, 0.05) is 6.54 Å². The fraction of sp³-hybridized carbons (Fsp3) is 0.423. The fourth-order valence-corrected chi connectivity index (χ4v) is 3.44. The van der Waals surface area contributed by atoms with Crippen molar-refractivity contribution in [1.29, 1.82) is 0 Å². The smallest absolute Gasteiger partial charge is 0.411 e. The Bertz CT molecular complexity index is 928. The van der Waals surface area contributed by atoms with Crippen molar-refractivity contribution in [3.8, 4) is 0 Å². The van der Waals surface area contributed by atoms with Gasteiger partial charge in [0.25, 0.3) is 0 Å². The first-order valence-corrected chi connectivity index (χ1v) is 11.4. The van der Waals surface area contributed by atoms with Gasteiger partial charge in [0.1, 0.15) is 18.2 Å². The molecule has 34 heavy (non-hydrogen) atoms. The van der Waals surface area contributed by atoms with Crippen LogP contribution in [0.2, 0.25) is 0 Å². The average Bonchev–Trinajstić information content (AvgIpc) is 2.79. The summed E-state index contributed by atoms with van der Waals surface area (Å²) in [7, 11) is 0. The summed E-state index contributed by atoms with van der Waals surface area (Å²) >= 11 is 0. The average molecular weight is 470 g/mol. The quantitative estimate of drug-likeness (QED) is 0.496. The van der Waals surface area contributed by atoms with E-state index in [1.54, 1.807) is 20.8 Å². The van der Waals surface area contributed by atoms with Crippen LogP contribution in [0.1, 0.15) is 57.7 Å². The summed E-state index contributed by atoms with van der Waals surface area (Å²) < 4.78 is 10.8. The predicted octanol–water partition coefficient (Wildman–Crippen LogP) is 4.55. The Hall–Kier alpha value is -3.55. The summed E-state index contributed by atoms with van der Waals surface area (Å²) in [5.41, 5.74) is 6.70. The van der Waals surface area contributed by atoms with Crippen molar-refractivity contribution in [2.45, 2.75) is 64.8 Å². The molecule has 0 fully saturated rings. The van der Waals surface area contributed by atoms with Crippen LogP contribution in [-0.4, -0.2) is 41.2 Å². The highest BCUT2D eigenvalue weighted by molar-refractivity contribution is 5.84. The topological polar surface area (TPSA) is 111 Å². The first-order valence-electron chi connectivity index (χ1n) is 11.4. The third-order valence-electron chi connectivity index (χ3n) is 5.10. The van der Waals surface area contributed by atoms with E-state index in [4.69, 9.17) is 15.2 Å². The number of nitrogens with one attached hydrogen (secondary N) is 1. The number of ether oxygens (including phenoxy) is 2. The minimum Gasteiger partial charge on any atom is -0.445 e. The number of primary amides is 1. The third kappa shape index (κ3) is 8.77. The third-order valence-corrected chi connectivity index (χ3v) is 5.10. The number of rotatable bonds is 10. The van der Waals surface area contributed by atoms with Crippen molar-refractivity contribution in [2.24, 2.45) is 5.73 Å². The molecule has 184 valence electrons. The van der Waals surface area contributed by atoms with E-state index in [0.717, 1.165) is 11.1 Å². The van der Waals surface area contributed by atoms with Crippen molar-refractivity contribution >= 4 is 18.1 Å². The molecule has 0 heterocycles. The van der Waals surface area contributed by atoms with Crippen LogP contribution in [0.4, 0.5) is 9.59 Å². The van der Waals surface area contributed by atoms with Crippen LogP contribution < -0.4 is 11.1 Å². The molecular weight excluding hydrogens is 434 g/mol. The zero-order valence-electron chi connectivity index (χ0n) is 20.3.